The van der Waals surface area contributed by atoms with E-state index in [-0.39, 0.29) is 18.6 Å². The summed E-state index contributed by atoms with van der Waals surface area (Å²) in [5.74, 6) is -0.463. The maximum atomic E-state index is 12.4. The van der Waals surface area contributed by atoms with E-state index in [1.54, 1.807) is 12.1 Å². The molecule has 0 bridgehead atoms. The molecule has 1 amide bonds. The van der Waals surface area contributed by atoms with E-state index in [9.17, 15) is 9.59 Å². The number of rotatable bonds is 5. The first-order valence-corrected chi connectivity index (χ1v) is 7.69. The van der Waals surface area contributed by atoms with Gasteiger partial charge in [0.1, 0.15) is 11.8 Å². The van der Waals surface area contributed by atoms with Gasteiger partial charge in [0.25, 0.3) is 5.91 Å². The highest BCUT2D eigenvalue weighted by atomic mass is 35.5. The number of methoxy groups -OCH3 is 2. The van der Waals surface area contributed by atoms with Gasteiger partial charge in [-0.2, -0.15) is 0 Å². The molecule has 126 valence electrons. The van der Waals surface area contributed by atoms with Crippen LogP contribution in [0.15, 0.2) is 18.2 Å². The average molecular weight is 362 g/mol. The van der Waals surface area contributed by atoms with E-state index in [1.165, 1.54) is 25.2 Å². The lowest BCUT2D eigenvalue weighted by atomic mass is 10.2. The minimum atomic E-state index is -0.665. The number of hydrogen-bond acceptors (Lipinski definition) is 5. The molecule has 0 aliphatic carbocycles. The molecule has 6 nitrogen and oxygen atoms in total. The average Bonchev–Trinajstić information content (AvgIpc) is 2.97. The molecule has 23 heavy (non-hydrogen) atoms. The van der Waals surface area contributed by atoms with Crippen LogP contribution in [0, 0.1) is 0 Å². The summed E-state index contributed by atoms with van der Waals surface area (Å²) in [7, 11) is 2.83. The highest BCUT2D eigenvalue weighted by Crippen LogP contribution is 2.28. The first-order valence-electron chi connectivity index (χ1n) is 6.94. The zero-order chi connectivity index (χ0) is 17.0. The Labute approximate surface area is 144 Å². The molecule has 1 aromatic rings. The van der Waals surface area contributed by atoms with Gasteiger partial charge in [0.2, 0.25) is 0 Å². The molecule has 1 aliphatic heterocycles. The number of benzene rings is 1. The zero-order valence-corrected chi connectivity index (χ0v) is 14.3. The Morgan fingerprint density at radius 1 is 1.30 bits per heavy atom. The van der Waals surface area contributed by atoms with Gasteiger partial charge in [-0.3, -0.25) is 4.79 Å². The summed E-state index contributed by atoms with van der Waals surface area (Å²) in [5, 5.41) is 0.785. The standard InChI is InChI=1S/C15H17Cl2NO5/c1-21-10-6-12(15(20)22-2)18(7-10)14(19)8-23-13-4-3-9(16)5-11(13)17/h3-5,10,12H,6-8H2,1-2H3/t10-,12-/m0/s1. The van der Waals surface area contributed by atoms with Gasteiger partial charge in [0.05, 0.1) is 18.2 Å². The first-order chi connectivity index (χ1) is 11.0. The van der Waals surface area contributed by atoms with Gasteiger partial charge in [0.15, 0.2) is 6.61 Å². The third kappa shape index (κ3) is 4.28. The maximum absolute atomic E-state index is 12.4. The van der Waals surface area contributed by atoms with Crippen molar-refractivity contribution >= 4 is 35.1 Å². The number of carbonyl (C=O) groups is 2. The normalized spacial score (nSPS) is 20.4. The smallest absolute Gasteiger partial charge is 0.328 e. The van der Waals surface area contributed by atoms with E-state index in [1.807, 2.05) is 0 Å². The van der Waals surface area contributed by atoms with Crippen molar-refractivity contribution in [2.45, 2.75) is 18.6 Å². The Kier molecular flexibility index (Phi) is 6.10. The summed E-state index contributed by atoms with van der Waals surface area (Å²) >= 11 is 11.8. The summed E-state index contributed by atoms with van der Waals surface area (Å²) in [6.07, 6.45) is 0.193. The molecule has 1 fully saturated rings. The first kappa shape index (κ1) is 17.8. The van der Waals surface area contributed by atoms with Gasteiger partial charge in [-0.1, -0.05) is 23.2 Å². The Morgan fingerprint density at radius 2 is 2.04 bits per heavy atom. The molecule has 1 heterocycles. The third-order valence-corrected chi connectivity index (χ3v) is 4.17. The van der Waals surface area contributed by atoms with Crippen molar-refractivity contribution in [1.29, 1.82) is 0 Å². The lowest BCUT2D eigenvalue weighted by Gasteiger charge is -2.22. The highest BCUT2D eigenvalue weighted by molar-refractivity contribution is 6.35. The Balaban J connectivity index is 2.02. The summed E-state index contributed by atoms with van der Waals surface area (Å²) in [6, 6.07) is 4.05. The second-order valence-electron chi connectivity index (χ2n) is 5.04. The molecule has 0 saturated carbocycles. The molecule has 1 aromatic carbocycles. The number of ether oxygens (including phenoxy) is 3. The molecular weight excluding hydrogens is 345 g/mol. The lowest BCUT2D eigenvalue weighted by Crippen LogP contribution is -2.43. The predicted octanol–water partition coefficient (Wildman–Crippen LogP) is 2.16. The van der Waals surface area contributed by atoms with Gasteiger partial charge in [-0.15, -0.1) is 0 Å². The van der Waals surface area contributed by atoms with E-state index in [0.717, 1.165) is 0 Å². The fraction of sp³-hybridized carbons (Fsp3) is 0.467. The van der Waals surface area contributed by atoms with E-state index >= 15 is 0 Å². The number of halogens is 2. The molecule has 0 unspecified atom stereocenters. The number of amides is 1. The van der Waals surface area contributed by atoms with Crippen molar-refractivity contribution in [3.8, 4) is 5.75 Å². The molecule has 0 N–H and O–H groups in total. The summed E-state index contributed by atoms with van der Waals surface area (Å²) in [6.45, 7) is 0.0676. The molecule has 1 aliphatic rings. The highest BCUT2D eigenvalue weighted by Gasteiger charge is 2.40. The quantitative estimate of drug-likeness (QED) is 0.751. The largest absolute Gasteiger partial charge is 0.482 e. The SMILES string of the molecule is COC(=O)[C@@H]1C[C@H](OC)CN1C(=O)COc1ccc(Cl)cc1Cl. The summed E-state index contributed by atoms with van der Waals surface area (Å²) < 4.78 is 15.4. The molecule has 2 rings (SSSR count). The van der Waals surface area contributed by atoms with Crippen LogP contribution in [0.5, 0.6) is 5.75 Å². The number of esters is 1. The second kappa shape index (κ2) is 7.86. The zero-order valence-electron chi connectivity index (χ0n) is 12.8. The minimum absolute atomic E-state index is 0.206. The molecule has 8 heteroatoms. The van der Waals surface area contributed by atoms with Gasteiger partial charge in [0, 0.05) is 25.1 Å². The van der Waals surface area contributed by atoms with Crippen LogP contribution in [-0.2, 0) is 19.1 Å². The van der Waals surface area contributed by atoms with Gasteiger partial charge in [-0.05, 0) is 18.2 Å². The molecule has 0 radical (unpaired) electrons. The van der Waals surface area contributed by atoms with Crippen molar-refractivity contribution in [2.75, 3.05) is 27.4 Å². The molecular formula is C15H17Cl2NO5. The molecule has 1 saturated heterocycles. The minimum Gasteiger partial charge on any atom is -0.482 e. The van der Waals surface area contributed by atoms with Crippen molar-refractivity contribution in [3.05, 3.63) is 28.2 Å². The van der Waals surface area contributed by atoms with Gasteiger partial charge in [-0.25, -0.2) is 4.79 Å². The van der Waals surface area contributed by atoms with E-state index in [2.05, 4.69) is 0 Å². The fourth-order valence-electron chi connectivity index (χ4n) is 2.42. The van der Waals surface area contributed by atoms with Crippen molar-refractivity contribution in [3.63, 3.8) is 0 Å². The predicted molar refractivity (Wildman–Crippen MR) is 84.9 cm³/mol. The Bertz CT molecular complexity index is 595. The monoisotopic (exact) mass is 361 g/mol. The molecule has 0 aromatic heterocycles. The number of hydrogen-bond donors (Lipinski definition) is 0. The number of nitrogens with zero attached hydrogens (tertiary/aromatic N) is 1. The Hall–Kier alpha value is -1.50. The van der Waals surface area contributed by atoms with Crippen LogP contribution < -0.4 is 4.74 Å². The summed E-state index contributed by atoms with van der Waals surface area (Å²) in [4.78, 5) is 25.6. The van der Waals surface area contributed by atoms with Crippen LogP contribution in [0.3, 0.4) is 0 Å². The van der Waals surface area contributed by atoms with Crippen molar-refractivity contribution in [1.82, 2.24) is 4.90 Å². The molecule has 0 spiro atoms. The lowest BCUT2D eigenvalue weighted by molar-refractivity contribution is -0.151. The summed E-state index contributed by atoms with van der Waals surface area (Å²) in [5.41, 5.74) is 0. The van der Waals surface area contributed by atoms with Crippen LogP contribution in [0.4, 0.5) is 0 Å². The number of carbonyl (C=O) groups excluding carboxylic acids is 2. The van der Waals surface area contributed by atoms with Crippen molar-refractivity contribution in [2.24, 2.45) is 0 Å². The Morgan fingerprint density at radius 3 is 2.65 bits per heavy atom. The molecule has 2 atom stereocenters. The topological polar surface area (TPSA) is 65.1 Å². The fourth-order valence-corrected chi connectivity index (χ4v) is 2.88. The number of likely N-dealkylation sites (tertiary alicyclic amines) is 1. The van der Waals surface area contributed by atoms with E-state index in [4.69, 9.17) is 37.4 Å². The van der Waals surface area contributed by atoms with Crippen LogP contribution in [0.2, 0.25) is 10.0 Å². The van der Waals surface area contributed by atoms with Crippen molar-refractivity contribution < 1.29 is 23.8 Å². The third-order valence-electron chi connectivity index (χ3n) is 3.63. The maximum Gasteiger partial charge on any atom is 0.328 e. The second-order valence-corrected chi connectivity index (χ2v) is 5.89. The van der Waals surface area contributed by atoms with Crippen LogP contribution in [0.25, 0.3) is 0 Å². The van der Waals surface area contributed by atoms with E-state index < -0.39 is 12.0 Å². The van der Waals surface area contributed by atoms with Crippen LogP contribution >= 0.6 is 23.2 Å². The van der Waals surface area contributed by atoms with Gasteiger partial charge < -0.3 is 19.1 Å². The van der Waals surface area contributed by atoms with Gasteiger partial charge >= 0.3 is 5.97 Å². The van der Waals surface area contributed by atoms with Crippen LogP contribution in [0.1, 0.15) is 6.42 Å². The van der Waals surface area contributed by atoms with E-state index in [0.29, 0.717) is 28.8 Å². The van der Waals surface area contributed by atoms with Crippen LogP contribution in [-0.4, -0.2) is 56.3 Å².